The molecule has 3 rings (SSSR count). The van der Waals surface area contributed by atoms with Crippen LogP contribution in [0.1, 0.15) is 19.8 Å². The summed E-state index contributed by atoms with van der Waals surface area (Å²) in [5.74, 6) is 0.864. The lowest BCUT2D eigenvalue weighted by molar-refractivity contribution is -0.123. The number of anilines is 1. The maximum atomic E-state index is 12.9. The Morgan fingerprint density at radius 1 is 1.10 bits per heavy atom. The molecule has 1 heterocycles. The zero-order chi connectivity index (χ0) is 22.3. The van der Waals surface area contributed by atoms with Crippen LogP contribution in [-0.2, 0) is 19.6 Å². The van der Waals surface area contributed by atoms with Crippen molar-refractivity contribution >= 4 is 21.6 Å². The first-order valence-electron chi connectivity index (χ1n) is 10.2. The van der Waals surface area contributed by atoms with Gasteiger partial charge in [-0.3, -0.25) is 9.10 Å². The van der Waals surface area contributed by atoms with Crippen LogP contribution in [0, 0.1) is 0 Å². The highest BCUT2D eigenvalue weighted by Crippen LogP contribution is 2.25. The normalized spacial score (nSPS) is 16.0. The molecule has 2 aromatic rings. The SMILES string of the molecule is CCOc1ccc(S(=O)(=O)N(C)c2ccc(OCC(=O)NC[C@H]3CCCO3)cc2)cc1. The molecule has 1 aliphatic rings. The van der Waals surface area contributed by atoms with Gasteiger partial charge >= 0.3 is 0 Å². The summed E-state index contributed by atoms with van der Waals surface area (Å²) in [5, 5.41) is 2.79. The fraction of sp³-hybridized carbons (Fsp3) is 0.409. The molecule has 8 nitrogen and oxygen atoms in total. The van der Waals surface area contributed by atoms with Gasteiger partial charge in [-0.1, -0.05) is 0 Å². The molecule has 0 radical (unpaired) electrons. The van der Waals surface area contributed by atoms with Crippen molar-refractivity contribution in [3.05, 3.63) is 48.5 Å². The van der Waals surface area contributed by atoms with E-state index in [1.807, 2.05) is 6.92 Å². The zero-order valence-electron chi connectivity index (χ0n) is 17.7. The molecule has 1 aliphatic heterocycles. The predicted molar refractivity (Wildman–Crippen MR) is 117 cm³/mol. The van der Waals surface area contributed by atoms with Crippen LogP contribution in [0.4, 0.5) is 5.69 Å². The lowest BCUT2D eigenvalue weighted by Crippen LogP contribution is -2.35. The van der Waals surface area contributed by atoms with Gasteiger partial charge in [-0.25, -0.2) is 8.42 Å². The molecular formula is C22H28N2O6S. The summed E-state index contributed by atoms with van der Waals surface area (Å²) in [6.07, 6.45) is 2.05. The van der Waals surface area contributed by atoms with Crippen LogP contribution in [0.2, 0.25) is 0 Å². The van der Waals surface area contributed by atoms with Crippen LogP contribution in [0.3, 0.4) is 0 Å². The first kappa shape index (κ1) is 22.9. The van der Waals surface area contributed by atoms with Crippen molar-refractivity contribution in [2.45, 2.75) is 30.8 Å². The molecule has 0 saturated carbocycles. The topological polar surface area (TPSA) is 94.2 Å². The molecule has 0 spiro atoms. The van der Waals surface area contributed by atoms with Gasteiger partial charge in [-0.15, -0.1) is 0 Å². The quantitative estimate of drug-likeness (QED) is 0.600. The van der Waals surface area contributed by atoms with Crippen molar-refractivity contribution in [1.29, 1.82) is 0 Å². The van der Waals surface area contributed by atoms with Crippen molar-refractivity contribution in [1.82, 2.24) is 5.32 Å². The van der Waals surface area contributed by atoms with Crippen LogP contribution in [-0.4, -0.2) is 53.8 Å². The van der Waals surface area contributed by atoms with E-state index < -0.39 is 10.0 Å². The van der Waals surface area contributed by atoms with E-state index in [4.69, 9.17) is 14.2 Å². The standard InChI is InChI=1S/C22H28N2O6S/c1-3-28-18-10-12-21(13-11-18)31(26,27)24(2)17-6-8-19(9-7-17)30-16-22(25)23-15-20-5-4-14-29-20/h6-13,20H,3-5,14-16H2,1-2H3,(H,23,25)/t20-/m1/s1. The molecule has 1 saturated heterocycles. The molecule has 1 fully saturated rings. The number of hydrogen-bond acceptors (Lipinski definition) is 6. The summed E-state index contributed by atoms with van der Waals surface area (Å²) >= 11 is 0. The molecule has 31 heavy (non-hydrogen) atoms. The second kappa shape index (κ2) is 10.5. The minimum Gasteiger partial charge on any atom is -0.494 e. The number of ether oxygens (including phenoxy) is 3. The molecule has 1 N–H and O–H groups in total. The second-order valence-corrected chi connectivity index (χ2v) is 9.07. The number of carbonyl (C=O) groups excluding carboxylic acids is 1. The van der Waals surface area contributed by atoms with E-state index in [0.29, 0.717) is 30.3 Å². The van der Waals surface area contributed by atoms with Gasteiger partial charge < -0.3 is 19.5 Å². The van der Waals surface area contributed by atoms with Crippen molar-refractivity contribution in [2.24, 2.45) is 0 Å². The number of benzene rings is 2. The molecule has 9 heteroatoms. The fourth-order valence-electron chi connectivity index (χ4n) is 3.16. The van der Waals surface area contributed by atoms with Crippen LogP contribution < -0.4 is 19.1 Å². The van der Waals surface area contributed by atoms with E-state index in [-0.39, 0.29) is 23.5 Å². The van der Waals surface area contributed by atoms with Crippen molar-refractivity contribution in [2.75, 3.05) is 37.7 Å². The van der Waals surface area contributed by atoms with Crippen LogP contribution in [0.25, 0.3) is 0 Å². The van der Waals surface area contributed by atoms with Crippen LogP contribution in [0.5, 0.6) is 11.5 Å². The number of rotatable bonds is 10. The number of nitrogens with zero attached hydrogens (tertiary/aromatic N) is 1. The van der Waals surface area contributed by atoms with Crippen LogP contribution >= 0.6 is 0 Å². The Labute approximate surface area is 183 Å². The highest BCUT2D eigenvalue weighted by Gasteiger charge is 2.21. The fourth-order valence-corrected chi connectivity index (χ4v) is 4.35. The summed E-state index contributed by atoms with van der Waals surface area (Å²) in [6.45, 7) is 3.48. The zero-order valence-corrected chi connectivity index (χ0v) is 18.6. The highest BCUT2D eigenvalue weighted by atomic mass is 32.2. The average Bonchev–Trinajstić information content (AvgIpc) is 3.30. The summed E-state index contributed by atoms with van der Waals surface area (Å²) in [4.78, 5) is 12.1. The van der Waals surface area contributed by atoms with Gasteiger partial charge in [0, 0.05) is 20.2 Å². The third-order valence-electron chi connectivity index (χ3n) is 4.91. The maximum Gasteiger partial charge on any atom is 0.264 e. The van der Waals surface area contributed by atoms with E-state index in [2.05, 4.69) is 5.32 Å². The number of amides is 1. The van der Waals surface area contributed by atoms with Gasteiger partial charge in [-0.05, 0) is 68.3 Å². The van der Waals surface area contributed by atoms with Gasteiger partial charge in [-0.2, -0.15) is 0 Å². The van der Waals surface area contributed by atoms with Gasteiger partial charge in [0.2, 0.25) is 0 Å². The second-order valence-electron chi connectivity index (χ2n) is 7.10. The minimum absolute atomic E-state index is 0.0797. The molecule has 2 aromatic carbocycles. The number of hydrogen-bond donors (Lipinski definition) is 1. The molecule has 0 aromatic heterocycles. The highest BCUT2D eigenvalue weighted by molar-refractivity contribution is 7.92. The Kier molecular flexibility index (Phi) is 7.75. The van der Waals surface area contributed by atoms with Crippen molar-refractivity contribution in [3.8, 4) is 11.5 Å². The van der Waals surface area contributed by atoms with Gasteiger partial charge in [0.1, 0.15) is 11.5 Å². The average molecular weight is 449 g/mol. The first-order chi connectivity index (χ1) is 14.9. The number of sulfonamides is 1. The Morgan fingerprint density at radius 2 is 1.74 bits per heavy atom. The predicted octanol–water partition coefficient (Wildman–Crippen LogP) is 2.58. The van der Waals surface area contributed by atoms with Crippen molar-refractivity contribution in [3.63, 3.8) is 0 Å². The smallest absolute Gasteiger partial charge is 0.264 e. The molecule has 0 aliphatic carbocycles. The lowest BCUT2D eigenvalue weighted by atomic mass is 10.2. The van der Waals surface area contributed by atoms with E-state index in [9.17, 15) is 13.2 Å². The van der Waals surface area contributed by atoms with E-state index in [1.54, 1.807) is 36.4 Å². The number of carbonyl (C=O) groups is 1. The maximum absolute atomic E-state index is 12.9. The largest absolute Gasteiger partial charge is 0.494 e. The van der Waals surface area contributed by atoms with E-state index >= 15 is 0 Å². The number of nitrogens with one attached hydrogen (secondary N) is 1. The third kappa shape index (κ3) is 6.11. The summed E-state index contributed by atoms with van der Waals surface area (Å²) in [7, 11) is -2.23. The molecule has 1 amide bonds. The lowest BCUT2D eigenvalue weighted by Gasteiger charge is -2.20. The van der Waals surface area contributed by atoms with E-state index in [1.165, 1.54) is 23.5 Å². The Bertz CT molecular complexity index is 955. The molecule has 168 valence electrons. The van der Waals surface area contributed by atoms with Gasteiger partial charge in [0.15, 0.2) is 6.61 Å². The monoisotopic (exact) mass is 448 g/mol. The van der Waals surface area contributed by atoms with E-state index in [0.717, 1.165) is 19.4 Å². The Balaban J connectivity index is 1.55. The molecular weight excluding hydrogens is 420 g/mol. The summed E-state index contributed by atoms with van der Waals surface area (Å²) in [5.41, 5.74) is 0.476. The minimum atomic E-state index is -3.72. The van der Waals surface area contributed by atoms with Gasteiger partial charge in [0.05, 0.1) is 23.3 Å². The van der Waals surface area contributed by atoms with Crippen LogP contribution in [0.15, 0.2) is 53.4 Å². The van der Waals surface area contributed by atoms with Gasteiger partial charge in [0.25, 0.3) is 15.9 Å². The molecule has 1 atom stereocenters. The summed E-state index contributed by atoms with van der Waals surface area (Å²) < 4.78 is 43.2. The first-order valence-corrected chi connectivity index (χ1v) is 11.7. The summed E-state index contributed by atoms with van der Waals surface area (Å²) in [6, 6.07) is 12.8. The third-order valence-corrected chi connectivity index (χ3v) is 6.71. The Hall–Kier alpha value is -2.78. The molecule has 0 unspecified atom stereocenters. The Morgan fingerprint density at radius 3 is 2.35 bits per heavy atom. The molecule has 0 bridgehead atoms. The van der Waals surface area contributed by atoms with Crippen molar-refractivity contribution < 1.29 is 27.4 Å².